The highest BCUT2D eigenvalue weighted by Gasteiger charge is 2.12. The molecule has 0 spiro atoms. The molecule has 1 aromatic carbocycles. The standard InChI is InChI=1S/C16H21NO/c18-16(13-12-14-8-4-3-5-9-14)17-15-10-6-1-2-7-11-15/h3-5,8-9,12-13,15H,1-2,6-7,10-11H2,(H,17,18). The maximum Gasteiger partial charge on any atom is 0.244 e. The molecule has 0 unspecified atom stereocenters. The normalized spacial score (nSPS) is 17.6. The summed E-state index contributed by atoms with van der Waals surface area (Å²) < 4.78 is 0. The van der Waals surface area contributed by atoms with Crippen LogP contribution in [-0.4, -0.2) is 11.9 Å². The Labute approximate surface area is 109 Å². The van der Waals surface area contributed by atoms with Crippen LogP contribution in [0.4, 0.5) is 0 Å². The minimum Gasteiger partial charge on any atom is -0.350 e. The van der Waals surface area contributed by atoms with Crippen LogP contribution in [0.2, 0.25) is 0 Å². The minimum absolute atomic E-state index is 0.0331. The maximum absolute atomic E-state index is 11.8. The smallest absolute Gasteiger partial charge is 0.244 e. The van der Waals surface area contributed by atoms with Gasteiger partial charge in [0.1, 0.15) is 0 Å². The molecule has 1 aliphatic rings. The lowest BCUT2D eigenvalue weighted by Gasteiger charge is -2.14. The van der Waals surface area contributed by atoms with Gasteiger partial charge in [-0.25, -0.2) is 0 Å². The molecule has 2 nitrogen and oxygen atoms in total. The van der Waals surface area contributed by atoms with Gasteiger partial charge in [0, 0.05) is 12.1 Å². The molecule has 2 rings (SSSR count). The Balaban J connectivity index is 1.82. The highest BCUT2D eigenvalue weighted by Crippen LogP contribution is 2.17. The fraction of sp³-hybridized carbons (Fsp3) is 0.438. The van der Waals surface area contributed by atoms with E-state index in [0.717, 1.165) is 18.4 Å². The first-order valence-electron chi connectivity index (χ1n) is 6.88. The summed E-state index contributed by atoms with van der Waals surface area (Å²) in [4.78, 5) is 11.8. The third-order valence-corrected chi connectivity index (χ3v) is 3.43. The SMILES string of the molecule is O=C(C=Cc1ccccc1)NC1CCCCCC1. The van der Waals surface area contributed by atoms with Gasteiger partial charge in [0.2, 0.25) is 5.91 Å². The summed E-state index contributed by atoms with van der Waals surface area (Å²) in [5.74, 6) is 0.0331. The van der Waals surface area contributed by atoms with Crippen molar-refractivity contribution < 1.29 is 4.79 Å². The fourth-order valence-corrected chi connectivity index (χ4v) is 2.41. The Hall–Kier alpha value is -1.57. The topological polar surface area (TPSA) is 29.1 Å². The molecule has 96 valence electrons. The van der Waals surface area contributed by atoms with Crippen molar-refractivity contribution in [3.63, 3.8) is 0 Å². The van der Waals surface area contributed by atoms with Gasteiger partial charge in [-0.2, -0.15) is 0 Å². The summed E-state index contributed by atoms with van der Waals surface area (Å²) >= 11 is 0. The summed E-state index contributed by atoms with van der Waals surface area (Å²) in [6.07, 6.45) is 10.9. The van der Waals surface area contributed by atoms with E-state index < -0.39 is 0 Å². The van der Waals surface area contributed by atoms with E-state index in [1.165, 1.54) is 25.7 Å². The first-order valence-corrected chi connectivity index (χ1v) is 6.88. The van der Waals surface area contributed by atoms with Crippen LogP contribution < -0.4 is 5.32 Å². The van der Waals surface area contributed by atoms with E-state index in [2.05, 4.69) is 5.32 Å². The summed E-state index contributed by atoms with van der Waals surface area (Å²) in [5.41, 5.74) is 1.06. The third kappa shape index (κ3) is 4.36. The lowest BCUT2D eigenvalue weighted by Crippen LogP contribution is -2.33. The van der Waals surface area contributed by atoms with Crippen molar-refractivity contribution in [2.75, 3.05) is 0 Å². The Morgan fingerprint density at radius 2 is 1.72 bits per heavy atom. The third-order valence-electron chi connectivity index (χ3n) is 3.43. The molecular formula is C16H21NO. The number of amides is 1. The second-order valence-corrected chi connectivity index (χ2v) is 4.94. The van der Waals surface area contributed by atoms with Gasteiger partial charge in [0.15, 0.2) is 0 Å². The molecule has 0 aliphatic heterocycles. The van der Waals surface area contributed by atoms with E-state index in [1.54, 1.807) is 6.08 Å². The number of carbonyl (C=O) groups is 1. The van der Waals surface area contributed by atoms with Crippen molar-refractivity contribution >= 4 is 12.0 Å². The average Bonchev–Trinajstić information content (AvgIpc) is 2.66. The Bertz CT molecular complexity index is 389. The van der Waals surface area contributed by atoms with Crippen molar-refractivity contribution in [1.29, 1.82) is 0 Å². The van der Waals surface area contributed by atoms with Gasteiger partial charge >= 0.3 is 0 Å². The van der Waals surface area contributed by atoms with Gasteiger partial charge in [0.25, 0.3) is 0 Å². The van der Waals surface area contributed by atoms with Crippen molar-refractivity contribution in [3.05, 3.63) is 42.0 Å². The monoisotopic (exact) mass is 243 g/mol. The molecule has 1 aliphatic carbocycles. The van der Waals surface area contributed by atoms with E-state index in [-0.39, 0.29) is 5.91 Å². The molecule has 1 aromatic rings. The molecule has 0 bridgehead atoms. The number of nitrogens with one attached hydrogen (secondary N) is 1. The van der Waals surface area contributed by atoms with Crippen LogP contribution >= 0.6 is 0 Å². The van der Waals surface area contributed by atoms with Gasteiger partial charge in [0.05, 0.1) is 0 Å². The molecule has 1 fully saturated rings. The summed E-state index contributed by atoms with van der Waals surface area (Å²) in [7, 11) is 0. The Morgan fingerprint density at radius 3 is 2.39 bits per heavy atom. The first-order chi connectivity index (χ1) is 8.84. The van der Waals surface area contributed by atoms with E-state index in [4.69, 9.17) is 0 Å². The number of hydrogen-bond donors (Lipinski definition) is 1. The van der Waals surface area contributed by atoms with Crippen LogP contribution in [0.3, 0.4) is 0 Å². The van der Waals surface area contributed by atoms with Gasteiger partial charge in [-0.3, -0.25) is 4.79 Å². The highest BCUT2D eigenvalue weighted by atomic mass is 16.1. The van der Waals surface area contributed by atoms with Crippen molar-refractivity contribution in [3.8, 4) is 0 Å². The second-order valence-electron chi connectivity index (χ2n) is 4.94. The van der Waals surface area contributed by atoms with Gasteiger partial charge in [-0.1, -0.05) is 56.0 Å². The number of hydrogen-bond acceptors (Lipinski definition) is 1. The lowest BCUT2D eigenvalue weighted by molar-refractivity contribution is -0.117. The molecule has 0 saturated heterocycles. The number of carbonyl (C=O) groups excluding carboxylic acids is 1. The van der Waals surface area contributed by atoms with Crippen LogP contribution in [-0.2, 0) is 4.79 Å². The van der Waals surface area contributed by atoms with Crippen LogP contribution in [0.25, 0.3) is 6.08 Å². The highest BCUT2D eigenvalue weighted by molar-refractivity contribution is 5.91. The molecule has 0 heterocycles. The molecule has 2 heteroatoms. The average molecular weight is 243 g/mol. The molecule has 1 N–H and O–H groups in total. The molecular weight excluding hydrogens is 222 g/mol. The van der Waals surface area contributed by atoms with Crippen LogP contribution in [0, 0.1) is 0 Å². The summed E-state index contributed by atoms with van der Waals surface area (Å²) in [5, 5.41) is 3.10. The Kier molecular flexibility index (Phi) is 5.00. The van der Waals surface area contributed by atoms with Crippen LogP contribution in [0.5, 0.6) is 0 Å². The first kappa shape index (κ1) is 12.9. The number of benzene rings is 1. The van der Waals surface area contributed by atoms with E-state index in [0.29, 0.717) is 6.04 Å². The summed E-state index contributed by atoms with van der Waals surface area (Å²) in [6.45, 7) is 0. The largest absolute Gasteiger partial charge is 0.350 e. The summed E-state index contributed by atoms with van der Waals surface area (Å²) in [6, 6.07) is 10.3. The van der Waals surface area contributed by atoms with Gasteiger partial charge in [-0.15, -0.1) is 0 Å². The lowest BCUT2D eigenvalue weighted by atomic mass is 10.1. The molecule has 0 aromatic heterocycles. The Morgan fingerprint density at radius 1 is 1.06 bits per heavy atom. The molecule has 1 amide bonds. The zero-order chi connectivity index (χ0) is 12.6. The molecule has 0 radical (unpaired) electrons. The minimum atomic E-state index is 0.0331. The van der Waals surface area contributed by atoms with Crippen molar-refractivity contribution in [2.24, 2.45) is 0 Å². The second kappa shape index (κ2) is 7.00. The quantitative estimate of drug-likeness (QED) is 0.638. The zero-order valence-corrected chi connectivity index (χ0v) is 10.8. The fourth-order valence-electron chi connectivity index (χ4n) is 2.41. The molecule has 1 saturated carbocycles. The van der Waals surface area contributed by atoms with E-state index in [1.807, 2.05) is 36.4 Å². The van der Waals surface area contributed by atoms with Gasteiger partial charge < -0.3 is 5.32 Å². The van der Waals surface area contributed by atoms with Crippen molar-refractivity contribution in [1.82, 2.24) is 5.32 Å². The van der Waals surface area contributed by atoms with E-state index in [9.17, 15) is 4.79 Å². The van der Waals surface area contributed by atoms with Gasteiger partial charge in [-0.05, 0) is 24.5 Å². The van der Waals surface area contributed by atoms with Crippen LogP contribution in [0.1, 0.15) is 44.1 Å². The molecule has 0 atom stereocenters. The van der Waals surface area contributed by atoms with Crippen LogP contribution in [0.15, 0.2) is 36.4 Å². The zero-order valence-electron chi connectivity index (χ0n) is 10.8. The molecule has 18 heavy (non-hydrogen) atoms. The van der Waals surface area contributed by atoms with E-state index >= 15 is 0 Å². The predicted octanol–water partition coefficient (Wildman–Crippen LogP) is 3.54. The number of rotatable bonds is 3. The van der Waals surface area contributed by atoms with Crippen molar-refractivity contribution in [2.45, 2.75) is 44.6 Å². The predicted molar refractivity (Wildman–Crippen MR) is 75.1 cm³/mol. The maximum atomic E-state index is 11.8.